The lowest BCUT2D eigenvalue weighted by molar-refractivity contribution is -0.155. The Labute approximate surface area is 204 Å². The van der Waals surface area contributed by atoms with Crippen LogP contribution in [0.4, 0.5) is 0 Å². The fraction of sp³-hybridized carbons (Fsp3) is 0.680. The van der Waals surface area contributed by atoms with Gasteiger partial charge in [0.25, 0.3) is 0 Å². The fourth-order valence-corrected chi connectivity index (χ4v) is 9.29. The maximum atomic E-state index is 13.4. The van der Waals surface area contributed by atoms with Gasteiger partial charge in [0, 0.05) is 22.4 Å². The highest BCUT2D eigenvalue weighted by atomic mass is 79.9. The smallest absolute Gasteiger partial charge is 0.242 e. The molecule has 2 N–H and O–H groups in total. The molecule has 0 saturated heterocycles. The summed E-state index contributed by atoms with van der Waals surface area (Å²) in [5.74, 6) is 1.74. The Morgan fingerprint density at radius 3 is 2.33 bits per heavy atom. The monoisotopic (exact) mass is 536 g/mol. The van der Waals surface area contributed by atoms with Crippen molar-refractivity contribution in [2.45, 2.75) is 81.7 Å². The van der Waals surface area contributed by atoms with Crippen molar-refractivity contribution in [3.05, 3.63) is 28.7 Å². The van der Waals surface area contributed by atoms with Gasteiger partial charge in [0.05, 0.1) is 10.4 Å². The van der Waals surface area contributed by atoms with E-state index in [-0.39, 0.29) is 27.9 Å². The Morgan fingerprint density at radius 2 is 1.73 bits per heavy atom. The van der Waals surface area contributed by atoms with Crippen molar-refractivity contribution in [1.82, 2.24) is 10.0 Å². The zero-order valence-corrected chi connectivity index (χ0v) is 21.7. The molecule has 5 fully saturated rings. The summed E-state index contributed by atoms with van der Waals surface area (Å²) >= 11 is 3.30. The van der Waals surface area contributed by atoms with Gasteiger partial charge >= 0.3 is 0 Å². The number of hydrogen-bond acceptors (Lipinski definition) is 4. The molecule has 0 spiro atoms. The summed E-state index contributed by atoms with van der Waals surface area (Å²) in [6.45, 7) is 3.31. The van der Waals surface area contributed by atoms with Gasteiger partial charge in [0.15, 0.2) is 5.78 Å². The number of sulfonamides is 1. The fourth-order valence-electron chi connectivity index (χ4n) is 6.89. The predicted molar refractivity (Wildman–Crippen MR) is 129 cm³/mol. The number of hydrogen-bond donors (Lipinski definition) is 2. The number of halogens is 1. The third-order valence-electron chi connectivity index (χ3n) is 8.50. The van der Waals surface area contributed by atoms with Crippen LogP contribution in [0.3, 0.4) is 0 Å². The van der Waals surface area contributed by atoms with Crippen molar-refractivity contribution in [3.8, 4) is 0 Å². The van der Waals surface area contributed by atoms with Crippen LogP contribution in [-0.2, 0) is 19.6 Å². The average molecular weight is 538 g/mol. The summed E-state index contributed by atoms with van der Waals surface area (Å²) in [4.78, 5) is 26.6. The summed E-state index contributed by atoms with van der Waals surface area (Å²) in [5, 5.41) is 3.25. The SMILES string of the molecule is CC(C)(NS(=O)(=O)c1ccccc1Br)C(=O)CC1C2CC3CC1CC(C(=O)NC1CC1)(C3)C2. The van der Waals surface area contributed by atoms with Crippen molar-refractivity contribution in [2.75, 3.05) is 0 Å². The molecule has 5 saturated carbocycles. The first-order valence-corrected chi connectivity index (χ1v) is 14.4. The van der Waals surface area contributed by atoms with E-state index in [1.54, 1.807) is 32.0 Å². The highest BCUT2D eigenvalue weighted by Crippen LogP contribution is 2.63. The van der Waals surface area contributed by atoms with Crippen LogP contribution in [0.5, 0.6) is 0 Å². The molecule has 5 aliphatic carbocycles. The Balaban J connectivity index is 1.28. The lowest BCUT2D eigenvalue weighted by Gasteiger charge is -2.59. The van der Waals surface area contributed by atoms with Crippen LogP contribution < -0.4 is 10.0 Å². The summed E-state index contributed by atoms with van der Waals surface area (Å²) in [5.41, 5.74) is -1.45. The van der Waals surface area contributed by atoms with Crippen LogP contribution >= 0.6 is 15.9 Å². The van der Waals surface area contributed by atoms with Gasteiger partial charge in [0.1, 0.15) is 0 Å². The maximum absolute atomic E-state index is 13.4. The lowest BCUT2D eigenvalue weighted by atomic mass is 9.45. The van der Waals surface area contributed by atoms with Gasteiger partial charge in [0.2, 0.25) is 15.9 Å². The first-order valence-electron chi connectivity index (χ1n) is 12.1. The number of Topliss-reactive ketones (excluding diaryl/α,β-unsaturated/α-hetero) is 1. The molecular formula is C25H33BrN2O4S. The van der Waals surface area contributed by atoms with Gasteiger partial charge in [-0.15, -0.1) is 0 Å². The Morgan fingerprint density at radius 1 is 1.09 bits per heavy atom. The number of nitrogens with one attached hydrogen (secondary N) is 2. The van der Waals surface area contributed by atoms with Crippen molar-refractivity contribution in [1.29, 1.82) is 0 Å². The van der Waals surface area contributed by atoms with Gasteiger partial charge in [-0.2, -0.15) is 4.72 Å². The van der Waals surface area contributed by atoms with E-state index < -0.39 is 15.6 Å². The van der Waals surface area contributed by atoms with Crippen LogP contribution in [0.25, 0.3) is 0 Å². The molecule has 0 aliphatic heterocycles. The molecule has 0 radical (unpaired) electrons. The minimum absolute atomic E-state index is 0.0768. The lowest BCUT2D eigenvalue weighted by Crippen LogP contribution is -2.58. The van der Waals surface area contributed by atoms with Gasteiger partial charge in [-0.05, 0) is 111 Å². The summed E-state index contributed by atoms with van der Waals surface area (Å²) in [6, 6.07) is 6.99. The molecule has 1 aromatic carbocycles. The second kappa shape index (κ2) is 8.16. The molecule has 8 heteroatoms. The first kappa shape index (κ1) is 23.5. The third-order valence-corrected chi connectivity index (χ3v) is 11.2. The van der Waals surface area contributed by atoms with E-state index in [0.29, 0.717) is 34.7 Å². The van der Waals surface area contributed by atoms with E-state index in [4.69, 9.17) is 0 Å². The third kappa shape index (κ3) is 4.43. The molecule has 33 heavy (non-hydrogen) atoms. The molecule has 0 heterocycles. The number of benzene rings is 1. The van der Waals surface area contributed by atoms with Crippen LogP contribution in [0.15, 0.2) is 33.6 Å². The average Bonchev–Trinajstić information content (AvgIpc) is 3.53. The predicted octanol–water partition coefficient (Wildman–Crippen LogP) is 4.19. The second-order valence-corrected chi connectivity index (χ2v) is 14.0. The molecule has 1 aromatic rings. The normalized spacial score (nSPS) is 33.2. The largest absolute Gasteiger partial charge is 0.353 e. The highest BCUT2D eigenvalue weighted by molar-refractivity contribution is 9.10. The summed E-state index contributed by atoms with van der Waals surface area (Å²) in [6.07, 6.45) is 7.50. The van der Waals surface area contributed by atoms with E-state index in [1.807, 2.05) is 0 Å². The van der Waals surface area contributed by atoms with E-state index in [2.05, 4.69) is 26.0 Å². The Hall–Kier alpha value is -1.25. The molecule has 0 aromatic heterocycles. The van der Waals surface area contributed by atoms with Crippen molar-refractivity contribution < 1.29 is 18.0 Å². The van der Waals surface area contributed by atoms with Gasteiger partial charge < -0.3 is 5.32 Å². The molecule has 4 bridgehead atoms. The van der Waals surface area contributed by atoms with E-state index >= 15 is 0 Å². The molecule has 180 valence electrons. The maximum Gasteiger partial charge on any atom is 0.242 e. The van der Waals surface area contributed by atoms with Crippen LogP contribution in [0.1, 0.15) is 65.2 Å². The summed E-state index contributed by atoms with van der Waals surface area (Å²) in [7, 11) is -3.85. The minimum atomic E-state index is -3.85. The van der Waals surface area contributed by atoms with Crippen molar-refractivity contribution in [2.24, 2.45) is 29.1 Å². The van der Waals surface area contributed by atoms with Crippen LogP contribution in [0, 0.1) is 29.1 Å². The van der Waals surface area contributed by atoms with Gasteiger partial charge in [-0.25, -0.2) is 8.42 Å². The Kier molecular flexibility index (Phi) is 5.81. The number of rotatable bonds is 8. The Bertz CT molecular complexity index is 1070. The number of amides is 1. The number of ketones is 1. The van der Waals surface area contributed by atoms with Crippen molar-refractivity contribution >= 4 is 37.6 Å². The molecular weight excluding hydrogens is 504 g/mol. The quantitative estimate of drug-likeness (QED) is 0.521. The summed E-state index contributed by atoms with van der Waals surface area (Å²) < 4.78 is 29.1. The molecule has 6 rings (SSSR count). The second-order valence-electron chi connectivity index (χ2n) is 11.5. The standard InChI is InChI=1S/C25H33BrN2O4S/c1-24(2,28-33(31,32)21-6-4-3-5-20(21)26)22(29)11-19-16-9-15-10-17(19)14-25(12-15,13-16)23(30)27-18-7-8-18/h3-6,15-19,28H,7-14H2,1-2H3,(H,27,30). The molecule has 1 amide bonds. The molecule has 2 unspecified atom stereocenters. The van der Waals surface area contributed by atoms with E-state index in [1.165, 1.54) is 6.07 Å². The molecule has 5 aliphatic rings. The van der Waals surface area contributed by atoms with Crippen molar-refractivity contribution in [3.63, 3.8) is 0 Å². The van der Waals surface area contributed by atoms with Gasteiger partial charge in [-0.3, -0.25) is 9.59 Å². The number of carbonyl (C=O) groups excluding carboxylic acids is 2. The highest BCUT2D eigenvalue weighted by Gasteiger charge is 2.59. The first-order chi connectivity index (χ1) is 15.5. The molecule has 6 nitrogen and oxygen atoms in total. The zero-order chi connectivity index (χ0) is 23.6. The van der Waals surface area contributed by atoms with E-state index in [9.17, 15) is 18.0 Å². The van der Waals surface area contributed by atoms with Crippen LogP contribution in [-0.4, -0.2) is 31.7 Å². The van der Waals surface area contributed by atoms with Crippen LogP contribution in [0.2, 0.25) is 0 Å². The zero-order valence-electron chi connectivity index (χ0n) is 19.3. The van der Waals surface area contributed by atoms with E-state index in [0.717, 1.165) is 44.9 Å². The topological polar surface area (TPSA) is 92.3 Å². The number of carbonyl (C=O) groups is 2. The molecule has 2 atom stereocenters. The van der Waals surface area contributed by atoms with Gasteiger partial charge in [-0.1, -0.05) is 12.1 Å². The minimum Gasteiger partial charge on any atom is -0.353 e.